The maximum Gasteiger partial charge on any atom is 0.119 e. The van der Waals surface area contributed by atoms with Crippen LogP contribution >= 0.6 is 0 Å². The first-order chi connectivity index (χ1) is 10.2. The van der Waals surface area contributed by atoms with Crippen molar-refractivity contribution in [2.24, 2.45) is 11.3 Å². The lowest BCUT2D eigenvalue weighted by Gasteiger charge is -2.56. The number of phenolic OH excluding ortho intramolecular Hbond substituents is 1. The van der Waals surface area contributed by atoms with Crippen LogP contribution in [0.1, 0.15) is 76.5 Å². The average Bonchev–Trinajstić information content (AvgIpc) is 2.43. The molecular formula is C20H30O2. The molecule has 3 rings (SSSR count). The van der Waals surface area contributed by atoms with Gasteiger partial charge in [0.05, 0.1) is 6.10 Å². The van der Waals surface area contributed by atoms with E-state index in [0.717, 1.165) is 31.2 Å². The third-order valence-corrected chi connectivity index (χ3v) is 6.66. The Morgan fingerprint density at radius 1 is 1.14 bits per heavy atom. The molecular weight excluding hydrogens is 272 g/mol. The largest absolute Gasteiger partial charge is 0.508 e. The highest BCUT2D eigenvalue weighted by Crippen LogP contribution is 2.57. The first-order valence-electron chi connectivity index (χ1n) is 8.72. The normalized spacial score (nSPS) is 33.4. The highest BCUT2D eigenvalue weighted by Gasteiger charge is 2.53. The van der Waals surface area contributed by atoms with Crippen molar-refractivity contribution in [3.05, 3.63) is 28.8 Å². The fourth-order valence-electron chi connectivity index (χ4n) is 5.20. The Hall–Kier alpha value is -1.02. The van der Waals surface area contributed by atoms with E-state index < -0.39 is 0 Å². The van der Waals surface area contributed by atoms with Gasteiger partial charge < -0.3 is 10.2 Å². The van der Waals surface area contributed by atoms with Gasteiger partial charge in [-0.25, -0.2) is 0 Å². The van der Waals surface area contributed by atoms with E-state index in [-0.39, 0.29) is 16.9 Å². The smallest absolute Gasteiger partial charge is 0.119 e. The van der Waals surface area contributed by atoms with Gasteiger partial charge in [-0.2, -0.15) is 0 Å². The predicted molar refractivity (Wildman–Crippen MR) is 90.4 cm³/mol. The van der Waals surface area contributed by atoms with Gasteiger partial charge in [0, 0.05) is 0 Å². The zero-order valence-electron chi connectivity index (χ0n) is 14.6. The Morgan fingerprint density at radius 2 is 1.82 bits per heavy atom. The molecule has 0 amide bonds. The van der Waals surface area contributed by atoms with E-state index in [9.17, 15) is 10.2 Å². The van der Waals surface area contributed by atoms with E-state index in [1.54, 1.807) is 0 Å². The molecule has 2 heteroatoms. The summed E-state index contributed by atoms with van der Waals surface area (Å²) in [5.74, 6) is 1.26. The lowest BCUT2D eigenvalue weighted by atomic mass is 9.49. The van der Waals surface area contributed by atoms with Crippen molar-refractivity contribution in [3.63, 3.8) is 0 Å². The third kappa shape index (κ3) is 2.11. The van der Waals surface area contributed by atoms with Gasteiger partial charge in [-0.1, -0.05) is 40.7 Å². The molecule has 3 atom stereocenters. The number of aryl methyl sites for hydroxylation is 1. The summed E-state index contributed by atoms with van der Waals surface area (Å²) in [4.78, 5) is 0. The first kappa shape index (κ1) is 15.9. The molecule has 122 valence electrons. The second-order valence-corrected chi connectivity index (χ2v) is 8.61. The molecule has 2 aliphatic rings. The molecule has 0 aromatic heterocycles. The molecule has 0 unspecified atom stereocenters. The molecule has 1 saturated carbocycles. The van der Waals surface area contributed by atoms with Gasteiger partial charge in [0.25, 0.3) is 0 Å². The van der Waals surface area contributed by atoms with Gasteiger partial charge >= 0.3 is 0 Å². The number of aliphatic hydroxyl groups is 1. The number of hydrogen-bond donors (Lipinski definition) is 2. The summed E-state index contributed by atoms with van der Waals surface area (Å²) >= 11 is 0. The molecule has 0 bridgehead atoms. The minimum atomic E-state index is -0.212. The number of aromatic hydroxyl groups is 1. The maximum atomic E-state index is 10.5. The van der Waals surface area contributed by atoms with Gasteiger partial charge in [0.15, 0.2) is 0 Å². The van der Waals surface area contributed by atoms with Crippen molar-refractivity contribution in [2.45, 2.75) is 77.7 Å². The van der Waals surface area contributed by atoms with E-state index >= 15 is 0 Å². The molecule has 22 heavy (non-hydrogen) atoms. The molecule has 2 aliphatic carbocycles. The maximum absolute atomic E-state index is 10.5. The number of rotatable bonds is 1. The first-order valence-corrected chi connectivity index (χ1v) is 8.72. The lowest BCUT2D eigenvalue weighted by Crippen LogP contribution is -2.53. The van der Waals surface area contributed by atoms with E-state index in [1.165, 1.54) is 11.1 Å². The van der Waals surface area contributed by atoms with E-state index in [2.05, 4.69) is 40.7 Å². The van der Waals surface area contributed by atoms with Crippen LogP contribution in [0.15, 0.2) is 12.1 Å². The van der Waals surface area contributed by atoms with E-state index in [4.69, 9.17) is 0 Å². The number of phenols is 1. The number of hydrogen-bond acceptors (Lipinski definition) is 2. The number of aliphatic hydroxyl groups excluding tert-OH is 1. The van der Waals surface area contributed by atoms with Crippen LogP contribution in [-0.4, -0.2) is 16.3 Å². The Bertz CT molecular complexity index is 588. The molecule has 2 N–H and O–H groups in total. The van der Waals surface area contributed by atoms with E-state index in [0.29, 0.717) is 17.6 Å². The molecule has 2 nitrogen and oxygen atoms in total. The van der Waals surface area contributed by atoms with Crippen LogP contribution < -0.4 is 0 Å². The summed E-state index contributed by atoms with van der Waals surface area (Å²) in [5.41, 5.74) is 3.81. The molecule has 0 heterocycles. The minimum Gasteiger partial charge on any atom is -0.508 e. The van der Waals surface area contributed by atoms with E-state index in [1.807, 2.05) is 6.07 Å². The van der Waals surface area contributed by atoms with Gasteiger partial charge in [0.1, 0.15) is 5.75 Å². The molecule has 0 aliphatic heterocycles. The van der Waals surface area contributed by atoms with Gasteiger partial charge in [-0.3, -0.25) is 0 Å². The van der Waals surface area contributed by atoms with Crippen molar-refractivity contribution in [3.8, 4) is 5.75 Å². The van der Waals surface area contributed by atoms with Gasteiger partial charge in [-0.05, 0) is 71.1 Å². The monoisotopic (exact) mass is 302 g/mol. The Labute approximate surface area is 134 Å². The van der Waals surface area contributed by atoms with Crippen LogP contribution in [0.4, 0.5) is 0 Å². The number of fused-ring (bicyclic) bond motifs is 3. The second-order valence-electron chi connectivity index (χ2n) is 8.61. The summed E-state index contributed by atoms with van der Waals surface area (Å²) in [5, 5.41) is 20.9. The molecule has 0 saturated heterocycles. The zero-order valence-corrected chi connectivity index (χ0v) is 14.6. The van der Waals surface area contributed by atoms with Crippen LogP contribution in [0, 0.1) is 11.3 Å². The van der Waals surface area contributed by atoms with Crippen molar-refractivity contribution in [1.82, 2.24) is 0 Å². The summed E-state index contributed by atoms with van der Waals surface area (Å²) in [6.07, 6.45) is 3.85. The minimum absolute atomic E-state index is 0.0585. The molecule has 0 radical (unpaired) electrons. The fourth-order valence-corrected chi connectivity index (χ4v) is 5.20. The van der Waals surface area contributed by atoms with Crippen LogP contribution in [-0.2, 0) is 11.8 Å². The van der Waals surface area contributed by atoms with Gasteiger partial charge in [-0.15, -0.1) is 0 Å². The number of benzene rings is 1. The topological polar surface area (TPSA) is 40.5 Å². The summed E-state index contributed by atoms with van der Waals surface area (Å²) in [6.45, 7) is 11.0. The standard InChI is InChI=1S/C20H30O2/c1-12(2)14-10-13-6-7-17-19(3,4)18(22)8-9-20(17,5)15(13)11-16(14)21/h10-12,17-18,21-22H,6-9H2,1-5H3/t17-,18+,20-/m1/s1. The summed E-state index contributed by atoms with van der Waals surface area (Å²) in [7, 11) is 0. The van der Waals surface area contributed by atoms with Gasteiger partial charge in [0.2, 0.25) is 0 Å². The predicted octanol–water partition coefficient (Wildman–Crippen LogP) is 4.52. The summed E-state index contributed by atoms with van der Waals surface area (Å²) in [6, 6.07) is 4.26. The lowest BCUT2D eigenvalue weighted by molar-refractivity contribution is -0.0731. The summed E-state index contributed by atoms with van der Waals surface area (Å²) < 4.78 is 0. The Balaban J connectivity index is 2.12. The van der Waals surface area contributed by atoms with Crippen molar-refractivity contribution >= 4 is 0 Å². The van der Waals surface area contributed by atoms with Crippen molar-refractivity contribution in [1.29, 1.82) is 0 Å². The quantitative estimate of drug-likeness (QED) is 0.801. The Kier molecular flexibility index (Phi) is 3.60. The molecule has 1 aromatic carbocycles. The van der Waals surface area contributed by atoms with Crippen LogP contribution in [0.2, 0.25) is 0 Å². The zero-order chi connectivity index (χ0) is 16.3. The van der Waals surface area contributed by atoms with Crippen molar-refractivity contribution in [2.75, 3.05) is 0 Å². The van der Waals surface area contributed by atoms with Crippen molar-refractivity contribution < 1.29 is 10.2 Å². The van der Waals surface area contributed by atoms with Crippen LogP contribution in [0.5, 0.6) is 5.75 Å². The fraction of sp³-hybridized carbons (Fsp3) is 0.700. The molecule has 0 spiro atoms. The molecule has 1 fully saturated rings. The Morgan fingerprint density at radius 3 is 2.45 bits per heavy atom. The molecule has 1 aromatic rings. The SMILES string of the molecule is CC(C)c1cc2c(cc1O)[C@@]1(C)CC[C@H](O)C(C)(C)[C@H]1CC2. The van der Waals surface area contributed by atoms with Crippen LogP contribution in [0.25, 0.3) is 0 Å². The van der Waals surface area contributed by atoms with Crippen LogP contribution in [0.3, 0.4) is 0 Å². The highest BCUT2D eigenvalue weighted by atomic mass is 16.3. The second kappa shape index (κ2) is 4.99. The third-order valence-electron chi connectivity index (χ3n) is 6.66. The average molecular weight is 302 g/mol. The highest BCUT2D eigenvalue weighted by molar-refractivity contribution is 5.48.